The Bertz CT molecular complexity index is 1780. The van der Waals surface area contributed by atoms with E-state index >= 15 is 0 Å². The molecule has 5 aliphatic rings. The number of allylic oxidation sites excluding steroid dienone is 3. The van der Waals surface area contributed by atoms with E-state index in [0.29, 0.717) is 34.3 Å². The van der Waals surface area contributed by atoms with Crippen molar-refractivity contribution in [3.63, 3.8) is 0 Å². The van der Waals surface area contributed by atoms with Gasteiger partial charge in [0.25, 0.3) is 0 Å². The molecule has 60 heavy (non-hydrogen) atoms. The monoisotopic (exact) mass is 957 g/mol. The predicted molar refractivity (Wildman–Crippen MR) is 256 cm³/mol. The van der Waals surface area contributed by atoms with E-state index in [4.69, 9.17) is 15.3 Å². The first-order chi connectivity index (χ1) is 28.4. The van der Waals surface area contributed by atoms with Gasteiger partial charge >= 0.3 is 18.0 Å². The molecular formula is C49H72IN3O6S. The Morgan fingerprint density at radius 2 is 1.35 bits per heavy atom. The van der Waals surface area contributed by atoms with Gasteiger partial charge in [-0.05, 0) is 176 Å². The zero-order chi connectivity index (χ0) is 45.1. The number of rotatable bonds is 5. The summed E-state index contributed by atoms with van der Waals surface area (Å²) in [5.41, 5.74) is 11.4. The van der Waals surface area contributed by atoms with Crippen LogP contribution in [0.3, 0.4) is 0 Å². The molecule has 0 aromatic heterocycles. The normalized spacial score (nSPS) is 30.2. The highest BCUT2D eigenvalue weighted by Gasteiger charge is 2.65. The summed E-state index contributed by atoms with van der Waals surface area (Å²) in [5, 5.41) is 3.28. The number of amides is 2. The van der Waals surface area contributed by atoms with Crippen molar-refractivity contribution in [3.05, 3.63) is 89.5 Å². The molecule has 5 aliphatic carbocycles. The summed E-state index contributed by atoms with van der Waals surface area (Å²) in [6.07, 6.45) is 16.5. The van der Waals surface area contributed by atoms with Gasteiger partial charge in [0.2, 0.25) is 0 Å². The number of methoxy groups -OCH3 is 2. The first-order valence-corrected chi connectivity index (χ1v) is 24.6. The van der Waals surface area contributed by atoms with Crippen LogP contribution in [-0.2, 0) is 14.3 Å². The number of esters is 2. The Balaban J connectivity index is 0.000000379. The van der Waals surface area contributed by atoms with E-state index in [1.807, 2.05) is 63.3 Å². The lowest BCUT2D eigenvalue weighted by Crippen LogP contribution is -2.64. The van der Waals surface area contributed by atoms with Gasteiger partial charge in [-0.25, -0.2) is 18.7 Å². The summed E-state index contributed by atoms with van der Waals surface area (Å²) in [4.78, 5) is 42.9. The van der Waals surface area contributed by atoms with E-state index in [2.05, 4.69) is 83.7 Å². The van der Waals surface area contributed by atoms with Crippen molar-refractivity contribution < 1.29 is 28.7 Å². The molecule has 2 aromatic rings. The molecule has 0 spiro atoms. The molecule has 0 bridgehead atoms. The summed E-state index contributed by atoms with van der Waals surface area (Å²) in [5.74, 6) is 2.84. The van der Waals surface area contributed by atoms with E-state index < -0.39 is 0 Å². The number of fused-ring (bicyclic) bond motifs is 7. The molecule has 0 radical (unpaired) electrons. The highest BCUT2D eigenvalue weighted by Crippen LogP contribution is 2.72. The lowest BCUT2D eigenvalue weighted by molar-refractivity contribution is -0.172. The largest absolute Gasteiger partial charge is 0.465 e. The summed E-state index contributed by atoms with van der Waals surface area (Å²) in [7, 11) is 8.52. The van der Waals surface area contributed by atoms with Gasteiger partial charge in [0.05, 0.1) is 25.3 Å². The topological polar surface area (TPSA) is 128 Å². The molecule has 332 valence electrons. The Kier molecular flexibility index (Phi) is 19.0. The molecule has 0 heterocycles. The molecule has 0 aliphatic heterocycles. The number of hydrogen-bond acceptors (Lipinski definition) is 8. The third kappa shape index (κ3) is 11.1. The van der Waals surface area contributed by atoms with Crippen LogP contribution in [0.5, 0.6) is 0 Å². The zero-order valence-corrected chi connectivity index (χ0v) is 40.9. The highest BCUT2D eigenvalue weighted by molar-refractivity contribution is 14.2. The van der Waals surface area contributed by atoms with Crippen LogP contribution in [0.15, 0.2) is 67.3 Å². The fraction of sp³-hybridized carbons (Fsp3) is 0.592. The summed E-state index contributed by atoms with van der Waals surface area (Å²) >= 11 is 2.22. The number of aryl methyl sites for hydroxylation is 1. The van der Waals surface area contributed by atoms with Gasteiger partial charge in [-0.15, -0.1) is 6.58 Å². The van der Waals surface area contributed by atoms with Crippen LogP contribution in [0.25, 0.3) is 5.57 Å². The van der Waals surface area contributed by atoms with Gasteiger partial charge in [0, 0.05) is 26.7 Å². The Morgan fingerprint density at radius 3 is 1.85 bits per heavy atom. The van der Waals surface area contributed by atoms with Crippen molar-refractivity contribution in [2.24, 2.45) is 51.6 Å². The fourth-order valence-corrected chi connectivity index (χ4v) is 12.5. The SMILES string of the molecule is C=CC.C=O.CN(C)SI.COC(=O)c1ccc(C)cc1.COC(=O)c1ccc(C2=CCC3(C)C(CCC4(C)C5CCC6(NC(N)=O)CCCC6C5CCC43)C2(C)C)cc1. The van der Waals surface area contributed by atoms with Crippen LogP contribution in [0.2, 0.25) is 0 Å². The third-order valence-corrected chi connectivity index (χ3v) is 17.3. The van der Waals surface area contributed by atoms with Gasteiger partial charge in [-0.3, -0.25) is 0 Å². The fourth-order valence-electron chi connectivity index (χ4n) is 12.5. The van der Waals surface area contributed by atoms with Crippen LogP contribution in [-0.4, -0.2) is 62.9 Å². The molecule has 3 N–H and O–H groups in total. The number of carbonyl (C=O) groups is 4. The molecule has 2 amide bonds. The van der Waals surface area contributed by atoms with Crippen LogP contribution in [0.1, 0.15) is 131 Å². The molecule has 2 aromatic carbocycles. The molecule has 9 nitrogen and oxygen atoms in total. The maximum Gasteiger partial charge on any atom is 0.337 e. The van der Waals surface area contributed by atoms with E-state index in [0.717, 1.165) is 36.7 Å². The number of ether oxygens (including phenoxy) is 2. The Hall–Kier alpha value is -3.16. The number of benzene rings is 2. The van der Waals surface area contributed by atoms with Gasteiger partial charge in [0.1, 0.15) is 6.79 Å². The standard InChI is InChI=1S/C34H48N2O3.C9H10O2.C3H6.C2H6INS.CH2O/c1-31(2)24(21-8-10-22(11-9-21)29(37)39-5)14-18-33(4)27(31)16-19-32(3)25-15-20-34(36-30(35)38)17-6-7-26(34)23(25)12-13-28(32)33;1-7-3-5-8(6-4-7)9(10)11-2;1-3-2;1-4(2)5-3;1-2/h8-11,14,23,25-28H,6-7,12-13,15-20H2,1-5H3,(H3,35,36,38);3-6H,1-2H3;3H,1H2,2H3;1-2H3;1H2. The second kappa shape index (κ2) is 22.3. The van der Waals surface area contributed by atoms with Gasteiger partial charge < -0.3 is 25.3 Å². The molecule has 4 fully saturated rings. The molecule has 11 heteroatoms. The van der Waals surface area contributed by atoms with Gasteiger partial charge in [0.15, 0.2) is 0 Å². The first kappa shape index (κ1) is 51.2. The Morgan fingerprint density at radius 1 is 0.817 bits per heavy atom. The van der Waals surface area contributed by atoms with Gasteiger partial charge in [-0.1, -0.05) is 76.1 Å². The summed E-state index contributed by atoms with van der Waals surface area (Å²) in [6, 6.07) is 15.0. The van der Waals surface area contributed by atoms with Crippen LogP contribution < -0.4 is 11.1 Å². The lowest BCUT2D eigenvalue weighted by Gasteiger charge is -2.68. The summed E-state index contributed by atoms with van der Waals surface area (Å²) < 4.78 is 11.5. The number of nitrogens with one attached hydrogen (secondary N) is 1. The van der Waals surface area contributed by atoms with Crippen molar-refractivity contribution in [2.75, 3.05) is 28.3 Å². The van der Waals surface area contributed by atoms with Crippen LogP contribution in [0.4, 0.5) is 4.79 Å². The van der Waals surface area contributed by atoms with E-state index in [1.54, 1.807) is 27.3 Å². The number of nitrogens with two attached hydrogens (primary N) is 1. The molecule has 4 saturated carbocycles. The van der Waals surface area contributed by atoms with Crippen LogP contribution in [0, 0.1) is 52.8 Å². The van der Waals surface area contributed by atoms with Crippen molar-refractivity contribution >= 4 is 60.7 Å². The smallest absolute Gasteiger partial charge is 0.337 e. The second-order valence-electron chi connectivity index (χ2n) is 18.4. The molecular weight excluding hydrogens is 886 g/mol. The minimum absolute atomic E-state index is 0.0504. The van der Waals surface area contributed by atoms with E-state index in [-0.39, 0.29) is 34.3 Å². The molecule has 0 saturated heterocycles. The van der Waals surface area contributed by atoms with Crippen molar-refractivity contribution in [1.29, 1.82) is 0 Å². The Labute approximate surface area is 377 Å². The number of urea groups is 1. The van der Waals surface area contributed by atoms with Crippen LogP contribution >= 0.6 is 30.3 Å². The number of nitrogens with zero attached hydrogens (tertiary/aromatic N) is 1. The second-order valence-corrected chi connectivity index (χ2v) is 20.5. The predicted octanol–water partition coefficient (Wildman–Crippen LogP) is 11.7. The minimum Gasteiger partial charge on any atom is -0.465 e. The molecule has 7 rings (SSSR count). The number of halogens is 1. The van der Waals surface area contributed by atoms with E-state index in [1.165, 1.54) is 70.3 Å². The van der Waals surface area contributed by atoms with Crippen molar-refractivity contribution in [2.45, 2.75) is 111 Å². The minimum atomic E-state index is -0.333. The third-order valence-electron chi connectivity index (χ3n) is 14.7. The zero-order valence-electron chi connectivity index (χ0n) is 37.9. The lowest BCUT2D eigenvalue weighted by atomic mass is 9.37. The number of carbonyl (C=O) groups excluding carboxylic acids is 4. The van der Waals surface area contributed by atoms with Crippen molar-refractivity contribution in [1.82, 2.24) is 9.62 Å². The maximum absolute atomic E-state index is 12.0. The number of primary amides is 1. The van der Waals surface area contributed by atoms with Crippen molar-refractivity contribution in [3.8, 4) is 0 Å². The quantitative estimate of drug-likeness (QED) is 0.131. The van der Waals surface area contributed by atoms with Gasteiger partial charge in [-0.2, -0.15) is 0 Å². The average Bonchev–Trinajstić information content (AvgIpc) is 3.65. The van der Waals surface area contributed by atoms with E-state index in [9.17, 15) is 14.4 Å². The maximum atomic E-state index is 12.0. The summed E-state index contributed by atoms with van der Waals surface area (Å²) in [6.45, 7) is 19.4. The number of hydrogen-bond donors (Lipinski definition) is 2. The molecule has 8 unspecified atom stereocenters. The molecule has 8 atom stereocenters. The first-order valence-electron chi connectivity index (χ1n) is 21.3. The average molecular weight is 958 g/mol. The highest BCUT2D eigenvalue weighted by atomic mass is 127.